The van der Waals surface area contributed by atoms with Gasteiger partial charge in [-0.15, -0.1) is 10.8 Å². The monoisotopic (exact) mass is 499 g/mol. The number of alkyl halides is 1. The highest BCUT2D eigenvalue weighted by Crippen LogP contribution is 2.55. The lowest BCUT2D eigenvalue weighted by Crippen LogP contribution is -2.46. The van der Waals surface area contributed by atoms with Crippen LogP contribution in [0.2, 0.25) is 0 Å². The molecule has 0 saturated carbocycles. The molecule has 0 bridgehead atoms. The Morgan fingerprint density at radius 3 is 2.58 bits per heavy atom. The first-order valence-corrected chi connectivity index (χ1v) is 13.9. The number of sulfonamides is 1. The van der Waals surface area contributed by atoms with Crippen molar-refractivity contribution in [2.24, 2.45) is 0 Å². The zero-order valence-corrected chi connectivity index (χ0v) is 20.4. The highest BCUT2D eigenvalue weighted by Gasteiger charge is 2.38. The molecule has 182 valence electrons. The molecule has 2 aromatic rings. The van der Waals surface area contributed by atoms with Gasteiger partial charge in [-0.1, -0.05) is 12.1 Å². The van der Waals surface area contributed by atoms with E-state index >= 15 is 4.39 Å². The van der Waals surface area contributed by atoms with E-state index in [9.17, 15) is 17.5 Å². The van der Waals surface area contributed by atoms with Crippen LogP contribution in [0.15, 0.2) is 47.4 Å². The molecule has 2 heterocycles. The van der Waals surface area contributed by atoms with Crippen LogP contribution in [-0.4, -0.2) is 42.0 Å². The lowest BCUT2D eigenvalue weighted by Gasteiger charge is -2.46. The molecule has 0 radical (unpaired) electrons. The van der Waals surface area contributed by atoms with Gasteiger partial charge in [-0.25, -0.2) is 17.5 Å². The predicted octanol–water partition coefficient (Wildman–Crippen LogP) is 4.55. The Balaban J connectivity index is 1.48. The smallest absolute Gasteiger partial charge is 0.214 e. The zero-order valence-electron chi connectivity index (χ0n) is 18.8. The Kier molecular flexibility index (Phi) is 6.40. The number of anilines is 1. The van der Waals surface area contributed by atoms with Crippen LogP contribution < -0.4 is 19.1 Å². The standard InChI is InChI=1S/C22H30FN3O5S2/c1-15(2)32(27,28)24-14-22(3,23)16-6-8-17(9-7-16)31-18-10-11-19-20(13-18)33(29,30)25-21-5-4-12-26(19)21/h6-11,13,15,21,24-25,29-30H,4-5,12,14H2,1-3H3. The number of nitrogens with one attached hydrogen (secondary N) is 2. The van der Waals surface area contributed by atoms with Gasteiger partial charge in [0.05, 0.1) is 17.1 Å². The predicted molar refractivity (Wildman–Crippen MR) is 128 cm³/mol. The molecule has 8 nitrogen and oxygen atoms in total. The van der Waals surface area contributed by atoms with E-state index in [1.165, 1.54) is 20.8 Å². The van der Waals surface area contributed by atoms with E-state index in [0.29, 0.717) is 22.0 Å². The van der Waals surface area contributed by atoms with Gasteiger partial charge in [0, 0.05) is 19.2 Å². The number of ether oxygens (including phenoxy) is 1. The molecule has 11 heteroatoms. The maximum atomic E-state index is 15.1. The third-order valence-corrected chi connectivity index (χ3v) is 9.35. The summed E-state index contributed by atoms with van der Waals surface area (Å²) < 4.78 is 71.3. The van der Waals surface area contributed by atoms with Crippen LogP contribution in [-0.2, 0) is 15.7 Å². The van der Waals surface area contributed by atoms with Gasteiger partial charge >= 0.3 is 0 Å². The van der Waals surface area contributed by atoms with Gasteiger partial charge in [-0.2, -0.15) is 4.72 Å². The maximum Gasteiger partial charge on any atom is 0.214 e. The maximum absolute atomic E-state index is 15.1. The molecule has 2 aromatic carbocycles. The third kappa shape index (κ3) is 4.98. The van der Waals surface area contributed by atoms with Crippen molar-refractivity contribution in [3.05, 3.63) is 48.0 Å². The van der Waals surface area contributed by atoms with Gasteiger partial charge < -0.3 is 9.64 Å². The van der Waals surface area contributed by atoms with Crippen LogP contribution in [0, 0.1) is 0 Å². The zero-order chi connectivity index (χ0) is 24.0. The van der Waals surface area contributed by atoms with Gasteiger partial charge in [0.25, 0.3) is 0 Å². The minimum atomic E-state index is -3.57. The van der Waals surface area contributed by atoms with E-state index in [1.807, 2.05) is 6.07 Å². The van der Waals surface area contributed by atoms with Crippen molar-refractivity contribution in [1.82, 2.24) is 9.44 Å². The molecule has 2 aliphatic rings. The summed E-state index contributed by atoms with van der Waals surface area (Å²) in [6.07, 6.45) is 1.75. The topological polar surface area (TPSA) is 111 Å². The van der Waals surface area contributed by atoms with Crippen molar-refractivity contribution < 1.29 is 26.7 Å². The van der Waals surface area contributed by atoms with Gasteiger partial charge in [0.15, 0.2) is 0 Å². The number of benzene rings is 2. The van der Waals surface area contributed by atoms with Crippen molar-refractivity contribution >= 4 is 26.5 Å². The molecule has 2 aliphatic heterocycles. The van der Waals surface area contributed by atoms with Crippen molar-refractivity contribution in [2.45, 2.75) is 55.6 Å². The van der Waals surface area contributed by atoms with Crippen LogP contribution >= 0.6 is 10.8 Å². The Hall–Kier alpha value is -1.89. The Morgan fingerprint density at radius 1 is 1.24 bits per heavy atom. The van der Waals surface area contributed by atoms with Gasteiger partial charge in [0.1, 0.15) is 22.1 Å². The second kappa shape index (κ2) is 8.71. The first kappa shape index (κ1) is 24.2. The molecule has 2 atom stereocenters. The minimum Gasteiger partial charge on any atom is -0.457 e. The number of hydrogen-bond acceptors (Lipinski definition) is 7. The van der Waals surface area contributed by atoms with Crippen LogP contribution in [0.3, 0.4) is 0 Å². The Labute approximate surface area is 195 Å². The highest BCUT2D eigenvalue weighted by molar-refractivity contribution is 8.22. The molecule has 4 N–H and O–H groups in total. The molecule has 4 rings (SSSR count). The quantitative estimate of drug-likeness (QED) is 0.442. The number of rotatable bonds is 7. The van der Waals surface area contributed by atoms with Gasteiger partial charge in [0.2, 0.25) is 10.0 Å². The lowest BCUT2D eigenvalue weighted by atomic mass is 9.98. The summed E-state index contributed by atoms with van der Waals surface area (Å²) >= 11 is 0. The number of nitrogens with zero attached hydrogens (tertiary/aromatic N) is 1. The molecule has 0 amide bonds. The Morgan fingerprint density at radius 2 is 1.91 bits per heavy atom. The largest absolute Gasteiger partial charge is 0.457 e. The van der Waals surface area contributed by atoms with E-state index in [0.717, 1.165) is 25.1 Å². The molecule has 0 spiro atoms. The average molecular weight is 500 g/mol. The van der Waals surface area contributed by atoms with Crippen LogP contribution in [0.5, 0.6) is 11.5 Å². The summed E-state index contributed by atoms with van der Waals surface area (Å²) in [5.74, 6) is 0.866. The normalized spacial score (nSPS) is 22.4. The fourth-order valence-corrected chi connectivity index (χ4v) is 6.28. The Bertz CT molecular complexity index is 1120. The van der Waals surface area contributed by atoms with Gasteiger partial charge in [-0.05, 0) is 63.4 Å². The average Bonchev–Trinajstić information content (AvgIpc) is 3.20. The first-order chi connectivity index (χ1) is 15.4. The summed E-state index contributed by atoms with van der Waals surface area (Å²) in [7, 11) is -6.71. The van der Waals surface area contributed by atoms with Crippen molar-refractivity contribution in [2.75, 3.05) is 18.0 Å². The molecule has 0 aromatic heterocycles. The minimum absolute atomic E-state index is 0.0816. The molecular weight excluding hydrogens is 469 g/mol. The molecule has 2 unspecified atom stereocenters. The van der Waals surface area contributed by atoms with E-state index in [-0.39, 0.29) is 12.7 Å². The van der Waals surface area contributed by atoms with Crippen LogP contribution in [0.4, 0.5) is 10.1 Å². The van der Waals surface area contributed by atoms with Crippen LogP contribution in [0.25, 0.3) is 0 Å². The van der Waals surface area contributed by atoms with Gasteiger partial charge in [-0.3, -0.25) is 9.11 Å². The van der Waals surface area contributed by atoms with Crippen molar-refractivity contribution in [3.8, 4) is 11.5 Å². The van der Waals surface area contributed by atoms with E-state index in [2.05, 4.69) is 14.3 Å². The van der Waals surface area contributed by atoms with Crippen LogP contribution in [0.1, 0.15) is 39.2 Å². The number of halogens is 1. The summed E-state index contributed by atoms with van der Waals surface area (Å²) in [5, 5.41) is -0.648. The van der Waals surface area contributed by atoms with Crippen molar-refractivity contribution in [3.63, 3.8) is 0 Å². The number of hydrogen-bond donors (Lipinski definition) is 4. The summed E-state index contributed by atoms with van der Waals surface area (Å²) in [6.45, 7) is 4.85. The second-order valence-electron chi connectivity index (χ2n) is 8.89. The van der Waals surface area contributed by atoms with E-state index in [4.69, 9.17) is 4.74 Å². The highest BCUT2D eigenvalue weighted by atomic mass is 32.3. The first-order valence-electron chi connectivity index (χ1n) is 10.8. The summed E-state index contributed by atoms with van der Waals surface area (Å²) in [5.41, 5.74) is -0.803. The molecule has 1 saturated heterocycles. The molecule has 0 aliphatic carbocycles. The molecular formula is C22H30FN3O5S2. The lowest BCUT2D eigenvalue weighted by molar-refractivity contribution is 0.196. The molecule has 1 fully saturated rings. The summed E-state index contributed by atoms with van der Waals surface area (Å²) in [4.78, 5) is 2.52. The fourth-order valence-electron chi connectivity index (χ4n) is 3.97. The second-order valence-corrected chi connectivity index (χ2v) is 13.0. The van der Waals surface area contributed by atoms with E-state index < -0.39 is 31.7 Å². The third-order valence-electron chi connectivity index (χ3n) is 6.02. The van der Waals surface area contributed by atoms with E-state index in [1.54, 1.807) is 36.4 Å². The fraction of sp³-hybridized carbons (Fsp3) is 0.455. The molecule has 33 heavy (non-hydrogen) atoms. The SMILES string of the molecule is CC(C)S(=O)(=O)NCC(C)(F)c1ccc(Oc2ccc3c(c2)S(O)(O)NC2CCCN32)cc1. The number of fused-ring (bicyclic) bond motifs is 3. The van der Waals surface area contributed by atoms with Crippen molar-refractivity contribution in [1.29, 1.82) is 0 Å². The summed E-state index contributed by atoms with van der Waals surface area (Å²) in [6, 6.07) is 11.5.